The van der Waals surface area contributed by atoms with Crippen molar-refractivity contribution in [1.82, 2.24) is 9.80 Å². The third kappa shape index (κ3) is 5.94. The predicted molar refractivity (Wildman–Crippen MR) is 130 cm³/mol. The number of thiocarbonyl (C=S) groups is 1. The van der Waals surface area contributed by atoms with Crippen LogP contribution in [0.2, 0.25) is 0 Å². The molecule has 0 bridgehead atoms. The molecule has 0 atom stereocenters. The number of rotatable bonds is 8. The van der Waals surface area contributed by atoms with Crippen LogP contribution in [0, 0.1) is 6.92 Å². The molecule has 1 aliphatic rings. The quantitative estimate of drug-likeness (QED) is 0.649. The van der Waals surface area contributed by atoms with E-state index in [4.69, 9.17) is 22.7 Å². The van der Waals surface area contributed by atoms with Gasteiger partial charge >= 0.3 is 0 Å². The van der Waals surface area contributed by atoms with E-state index in [0.717, 1.165) is 74.9 Å². The molecule has 1 fully saturated rings. The summed E-state index contributed by atoms with van der Waals surface area (Å²) in [4.78, 5) is 6.85. The molecule has 6 heteroatoms. The molecule has 0 spiro atoms. The summed E-state index contributed by atoms with van der Waals surface area (Å²) in [6.07, 6.45) is 0.987. The smallest absolute Gasteiger partial charge is 0.170 e. The second-order valence-corrected chi connectivity index (χ2v) is 8.43. The predicted octanol–water partition coefficient (Wildman–Crippen LogP) is 3.75. The number of benzene rings is 2. The number of likely N-dealkylation sites (N-methyl/N-ethyl adjacent to an activating group) is 1. The molecule has 0 unspecified atom stereocenters. The molecule has 0 aromatic heterocycles. The maximum atomic E-state index is 5.97. The molecule has 1 heterocycles. The van der Waals surface area contributed by atoms with Gasteiger partial charge in [0, 0.05) is 45.0 Å². The van der Waals surface area contributed by atoms with Gasteiger partial charge in [0.05, 0.1) is 0 Å². The van der Waals surface area contributed by atoms with Crippen molar-refractivity contribution < 1.29 is 4.74 Å². The van der Waals surface area contributed by atoms with E-state index < -0.39 is 0 Å². The molecule has 30 heavy (non-hydrogen) atoms. The maximum Gasteiger partial charge on any atom is 0.170 e. The highest BCUT2D eigenvalue weighted by atomic mass is 32.1. The summed E-state index contributed by atoms with van der Waals surface area (Å²) in [5, 5.41) is 0.418. The zero-order valence-electron chi connectivity index (χ0n) is 18.4. The van der Waals surface area contributed by atoms with Crippen LogP contribution in [0.15, 0.2) is 42.5 Å². The highest BCUT2D eigenvalue weighted by Gasteiger charge is 2.14. The Labute approximate surface area is 186 Å². The van der Waals surface area contributed by atoms with Crippen molar-refractivity contribution in [3.63, 3.8) is 0 Å². The number of hydrogen-bond acceptors (Lipinski definition) is 4. The van der Waals surface area contributed by atoms with Crippen molar-refractivity contribution in [3.8, 4) is 16.9 Å². The molecule has 162 valence electrons. The summed E-state index contributed by atoms with van der Waals surface area (Å²) in [6.45, 7) is 11.3. The number of aryl methyl sites for hydroxylation is 1. The molecule has 0 aliphatic carbocycles. The molecule has 3 rings (SSSR count). The lowest BCUT2D eigenvalue weighted by atomic mass is 10.0. The molecule has 5 nitrogen and oxygen atoms in total. The zero-order chi connectivity index (χ0) is 21.5. The van der Waals surface area contributed by atoms with E-state index >= 15 is 0 Å². The Morgan fingerprint density at radius 3 is 2.37 bits per heavy atom. The first-order valence-electron chi connectivity index (χ1n) is 10.8. The van der Waals surface area contributed by atoms with E-state index in [1.165, 1.54) is 5.56 Å². The summed E-state index contributed by atoms with van der Waals surface area (Å²) >= 11 is 5.28. The first-order chi connectivity index (χ1) is 14.5. The summed E-state index contributed by atoms with van der Waals surface area (Å²) in [6, 6.07) is 14.8. The van der Waals surface area contributed by atoms with Gasteiger partial charge in [-0.1, -0.05) is 31.2 Å². The lowest BCUT2D eigenvalue weighted by molar-refractivity contribution is 0.134. The Morgan fingerprint density at radius 2 is 1.73 bits per heavy atom. The number of anilines is 1. The fourth-order valence-corrected chi connectivity index (χ4v) is 3.95. The van der Waals surface area contributed by atoms with Crippen LogP contribution in [0.5, 0.6) is 5.75 Å². The average Bonchev–Trinajstić information content (AvgIpc) is 2.74. The van der Waals surface area contributed by atoms with Crippen molar-refractivity contribution in [3.05, 3.63) is 48.0 Å². The molecular formula is C24H34N4OS. The first-order valence-corrected chi connectivity index (χ1v) is 11.2. The van der Waals surface area contributed by atoms with E-state index in [1.54, 1.807) is 0 Å². The number of hydrogen-bond donors (Lipinski definition) is 1. The van der Waals surface area contributed by atoms with Crippen LogP contribution in [0.3, 0.4) is 0 Å². The molecule has 0 saturated carbocycles. The lowest BCUT2D eigenvalue weighted by Crippen LogP contribution is -2.45. The second kappa shape index (κ2) is 10.8. The van der Waals surface area contributed by atoms with Gasteiger partial charge < -0.3 is 20.3 Å². The fraction of sp³-hybridized carbons (Fsp3) is 0.458. The van der Waals surface area contributed by atoms with Gasteiger partial charge in [-0.25, -0.2) is 0 Å². The summed E-state index contributed by atoms with van der Waals surface area (Å²) in [5.41, 5.74) is 10.5. The van der Waals surface area contributed by atoms with E-state index in [0.29, 0.717) is 5.11 Å². The summed E-state index contributed by atoms with van der Waals surface area (Å²) in [7, 11) is 2.18. The van der Waals surface area contributed by atoms with Crippen LogP contribution in [0.4, 0.5) is 5.69 Å². The van der Waals surface area contributed by atoms with Crippen molar-refractivity contribution in [2.45, 2.75) is 20.3 Å². The van der Waals surface area contributed by atoms with Crippen molar-refractivity contribution in [2.24, 2.45) is 5.73 Å². The third-order valence-corrected chi connectivity index (χ3v) is 5.89. The Kier molecular flexibility index (Phi) is 8.08. The minimum absolute atomic E-state index is 0.418. The van der Waals surface area contributed by atoms with E-state index in [1.807, 2.05) is 4.90 Å². The SMILES string of the molecule is CCCN(C(N)=S)c1cc(-c2ccc(OCCN3CCN(C)CC3)cc2)ccc1C. The van der Waals surface area contributed by atoms with Gasteiger partial charge in [0.1, 0.15) is 12.4 Å². The van der Waals surface area contributed by atoms with Gasteiger partial charge in [0.15, 0.2) is 5.11 Å². The molecule has 1 saturated heterocycles. The van der Waals surface area contributed by atoms with E-state index in [9.17, 15) is 0 Å². The molecule has 1 aliphatic heterocycles. The molecule has 2 aromatic rings. The minimum atomic E-state index is 0.418. The van der Waals surface area contributed by atoms with E-state index in [2.05, 4.69) is 73.2 Å². The van der Waals surface area contributed by atoms with Gasteiger partial charge in [0.25, 0.3) is 0 Å². The summed E-state index contributed by atoms with van der Waals surface area (Å²) in [5.74, 6) is 0.913. The van der Waals surface area contributed by atoms with Crippen LogP contribution in [-0.4, -0.2) is 67.8 Å². The van der Waals surface area contributed by atoms with Crippen molar-refractivity contribution >= 4 is 23.0 Å². The Balaban J connectivity index is 1.63. The van der Waals surface area contributed by atoms with Crippen LogP contribution >= 0.6 is 12.2 Å². The monoisotopic (exact) mass is 426 g/mol. The molecule has 0 amide bonds. The fourth-order valence-electron chi connectivity index (χ4n) is 3.76. The molecule has 2 aromatic carbocycles. The second-order valence-electron chi connectivity index (χ2n) is 8.01. The number of nitrogens with two attached hydrogens (primary N) is 1. The molecule has 0 radical (unpaired) electrons. The van der Waals surface area contributed by atoms with Gasteiger partial charge in [0.2, 0.25) is 0 Å². The van der Waals surface area contributed by atoms with Crippen LogP contribution in [0.25, 0.3) is 11.1 Å². The lowest BCUT2D eigenvalue weighted by Gasteiger charge is -2.32. The highest BCUT2D eigenvalue weighted by molar-refractivity contribution is 7.80. The maximum absolute atomic E-state index is 5.97. The topological polar surface area (TPSA) is 45.0 Å². The molecule has 2 N–H and O–H groups in total. The van der Waals surface area contributed by atoms with Crippen molar-refractivity contribution in [2.75, 3.05) is 57.8 Å². The Bertz CT molecular complexity index is 832. The molecular weight excluding hydrogens is 392 g/mol. The first kappa shape index (κ1) is 22.5. The van der Waals surface area contributed by atoms with E-state index in [-0.39, 0.29) is 0 Å². The Hall–Kier alpha value is -2.15. The van der Waals surface area contributed by atoms with Crippen LogP contribution < -0.4 is 15.4 Å². The number of nitrogens with zero attached hydrogens (tertiary/aromatic N) is 3. The normalized spacial score (nSPS) is 15.2. The van der Waals surface area contributed by atoms with Gasteiger partial charge in [-0.05, 0) is 67.5 Å². The largest absolute Gasteiger partial charge is 0.492 e. The highest BCUT2D eigenvalue weighted by Crippen LogP contribution is 2.29. The van der Waals surface area contributed by atoms with Crippen molar-refractivity contribution in [1.29, 1.82) is 0 Å². The summed E-state index contributed by atoms with van der Waals surface area (Å²) < 4.78 is 5.97. The standard InChI is InChI=1S/C24H34N4OS/c1-4-11-28(24(25)30)23-18-21(6-5-19(23)2)20-7-9-22(10-8-20)29-17-16-27-14-12-26(3)13-15-27/h5-10,18H,4,11-17H2,1-3H3,(H2,25,30). The minimum Gasteiger partial charge on any atom is -0.492 e. The van der Waals surface area contributed by atoms with Gasteiger partial charge in [-0.2, -0.15) is 0 Å². The third-order valence-electron chi connectivity index (χ3n) is 5.67. The number of ether oxygens (including phenoxy) is 1. The average molecular weight is 427 g/mol. The Morgan fingerprint density at radius 1 is 1.07 bits per heavy atom. The van der Waals surface area contributed by atoms with Gasteiger partial charge in [-0.3, -0.25) is 4.90 Å². The number of piperazine rings is 1. The zero-order valence-corrected chi connectivity index (χ0v) is 19.3. The van der Waals surface area contributed by atoms with Crippen LogP contribution in [0.1, 0.15) is 18.9 Å². The van der Waals surface area contributed by atoms with Crippen LogP contribution in [-0.2, 0) is 0 Å². The van der Waals surface area contributed by atoms with Gasteiger partial charge in [-0.15, -0.1) is 0 Å².